The number of amides is 1. The Labute approximate surface area is 156 Å². The molecule has 0 saturated heterocycles. The number of aliphatic hydroxyl groups is 2. The van der Waals surface area contributed by atoms with Gasteiger partial charge in [0.25, 0.3) is 0 Å². The molecule has 3 atom stereocenters. The highest BCUT2D eigenvalue weighted by Crippen LogP contribution is 2.29. The third-order valence-corrected chi connectivity index (χ3v) is 4.30. The Morgan fingerprint density at radius 3 is 2.62 bits per heavy atom. The summed E-state index contributed by atoms with van der Waals surface area (Å²) in [5.74, 6) is -1.20. The number of aliphatic hydroxyl groups excluding tert-OH is 2. The lowest BCUT2D eigenvalue weighted by Crippen LogP contribution is -2.47. The maximum Gasteiger partial charge on any atom is 0.242 e. The average molecular weight is 382 g/mol. The van der Waals surface area contributed by atoms with Gasteiger partial charge in [-0.05, 0) is 32.3 Å². The summed E-state index contributed by atoms with van der Waals surface area (Å²) < 4.78 is 14.3. The minimum Gasteiger partial charge on any atom is -0.394 e. The van der Waals surface area contributed by atoms with E-state index >= 15 is 0 Å². The van der Waals surface area contributed by atoms with Crippen LogP contribution >= 0.6 is 11.6 Å². The van der Waals surface area contributed by atoms with Gasteiger partial charge < -0.3 is 15.5 Å². The van der Waals surface area contributed by atoms with Crippen molar-refractivity contribution >= 4 is 17.5 Å². The first-order valence-corrected chi connectivity index (χ1v) is 8.34. The molecule has 1 aromatic carbocycles. The van der Waals surface area contributed by atoms with E-state index in [9.17, 15) is 19.4 Å². The first-order chi connectivity index (χ1) is 12.4. The number of halogens is 2. The zero-order chi connectivity index (χ0) is 19.3. The number of likely N-dealkylation sites (N-methyl/N-ethyl adjacent to an activating group) is 1. The molecule has 0 aliphatic rings. The van der Waals surface area contributed by atoms with Crippen LogP contribution in [-0.4, -0.2) is 52.7 Å². The second kappa shape index (κ2) is 9.05. The van der Waals surface area contributed by atoms with E-state index in [1.807, 2.05) is 0 Å². The molecular weight excluding hydrogens is 361 g/mol. The van der Waals surface area contributed by atoms with Crippen molar-refractivity contribution < 1.29 is 19.4 Å². The summed E-state index contributed by atoms with van der Waals surface area (Å²) >= 11 is 6.09. The standard InChI is InChI=1S/C18H21ClFN3O3/c1-23(2)16(15-12(19)6-3-7-13(15)20)18(26)22-14(10-24)17(25)11-5-4-8-21-9-11/h3-9,14,16-17,24-25H,10H2,1-2H3,(H,22,26). The van der Waals surface area contributed by atoms with Crippen LogP contribution in [0.1, 0.15) is 23.3 Å². The Kier molecular flexibility index (Phi) is 7.05. The smallest absolute Gasteiger partial charge is 0.242 e. The second-order valence-corrected chi connectivity index (χ2v) is 6.44. The summed E-state index contributed by atoms with van der Waals surface area (Å²) in [5, 5.41) is 22.7. The predicted octanol–water partition coefficient (Wildman–Crippen LogP) is 1.69. The van der Waals surface area contributed by atoms with E-state index in [0.717, 1.165) is 0 Å². The van der Waals surface area contributed by atoms with Crippen LogP contribution < -0.4 is 5.32 Å². The third kappa shape index (κ3) is 4.56. The van der Waals surface area contributed by atoms with Crippen LogP contribution in [0.5, 0.6) is 0 Å². The van der Waals surface area contributed by atoms with E-state index in [2.05, 4.69) is 10.3 Å². The highest BCUT2D eigenvalue weighted by Gasteiger charge is 2.31. The number of hydrogen-bond acceptors (Lipinski definition) is 5. The molecule has 0 saturated carbocycles. The number of carbonyl (C=O) groups excluding carboxylic acids is 1. The summed E-state index contributed by atoms with van der Waals surface area (Å²) in [6, 6.07) is 5.42. The minimum absolute atomic E-state index is 0.0317. The van der Waals surface area contributed by atoms with Gasteiger partial charge >= 0.3 is 0 Å². The maximum atomic E-state index is 14.3. The molecule has 140 valence electrons. The summed E-state index contributed by atoms with van der Waals surface area (Å²) in [6.07, 6.45) is 1.82. The molecule has 3 unspecified atom stereocenters. The predicted molar refractivity (Wildman–Crippen MR) is 96.1 cm³/mol. The number of hydrogen-bond donors (Lipinski definition) is 3. The molecule has 3 N–H and O–H groups in total. The van der Waals surface area contributed by atoms with E-state index in [4.69, 9.17) is 11.6 Å². The zero-order valence-electron chi connectivity index (χ0n) is 14.4. The molecule has 0 spiro atoms. The van der Waals surface area contributed by atoms with E-state index in [1.54, 1.807) is 32.4 Å². The lowest BCUT2D eigenvalue weighted by Gasteiger charge is -2.29. The summed E-state index contributed by atoms with van der Waals surface area (Å²) in [7, 11) is 3.22. The van der Waals surface area contributed by atoms with Crippen molar-refractivity contribution in [3.63, 3.8) is 0 Å². The van der Waals surface area contributed by atoms with E-state index in [0.29, 0.717) is 5.56 Å². The lowest BCUT2D eigenvalue weighted by molar-refractivity contribution is -0.128. The number of benzene rings is 1. The van der Waals surface area contributed by atoms with Gasteiger partial charge in [-0.1, -0.05) is 23.7 Å². The van der Waals surface area contributed by atoms with Crippen LogP contribution in [-0.2, 0) is 4.79 Å². The normalized spacial score (nSPS) is 14.7. The van der Waals surface area contributed by atoms with Gasteiger partial charge in [0.2, 0.25) is 5.91 Å². The van der Waals surface area contributed by atoms with Crippen molar-refractivity contribution in [2.75, 3.05) is 20.7 Å². The van der Waals surface area contributed by atoms with Gasteiger partial charge in [-0.15, -0.1) is 0 Å². The molecular formula is C18H21ClFN3O3. The fourth-order valence-electron chi connectivity index (χ4n) is 2.67. The Morgan fingerprint density at radius 2 is 2.08 bits per heavy atom. The first-order valence-electron chi connectivity index (χ1n) is 7.96. The van der Waals surface area contributed by atoms with Gasteiger partial charge in [-0.2, -0.15) is 0 Å². The van der Waals surface area contributed by atoms with Crippen molar-refractivity contribution in [2.45, 2.75) is 18.2 Å². The molecule has 0 aliphatic carbocycles. The largest absolute Gasteiger partial charge is 0.394 e. The molecule has 0 radical (unpaired) electrons. The number of pyridine rings is 1. The fraction of sp³-hybridized carbons (Fsp3) is 0.333. The lowest BCUT2D eigenvalue weighted by atomic mass is 10.0. The molecule has 8 heteroatoms. The number of aromatic nitrogens is 1. The van der Waals surface area contributed by atoms with E-state index in [1.165, 1.54) is 29.3 Å². The quantitative estimate of drug-likeness (QED) is 0.679. The third-order valence-electron chi connectivity index (χ3n) is 3.97. The van der Waals surface area contributed by atoms with Gasteiger partial charge in [-0.25, -0.2) is 4.39 Å². The van der Waals surface area contributed by atoms with Crippen molar-refractivity contribution in [3.05, 3.63) is 64.7 Å². The fourth-order valence-corrected chi connectivity index (χ4v) is 2.93. The van der Waals surface area contributed by atoms with Gasteiger partial charge in [-0.3, -0.25) is 14.7 Å². The molecule has 1 amide bonds. The Bertz CT molecular complexity index is 725. The second-order valence-electron chi connectivity index (χ2n) is 6.03. The van der Waals surface area contributed by atoms with Gasteiger partial charge in [0.1, 0.15) is 18.0 Å². The minimum atomic E-state index is -1.17. The highest BCUT2D eigenvalue weighted by molar-refractivity contribution is 6.31. The molecule has 0 aliphatic heterocycles. The monoisotopic (exact) mass is 381 g/mol. The molecule has 1 heterocycles. The highest BCUT2D eigenvalue weighted by atomic mass is 35.5. The summed E-state index contributed by atoms with van der Waals surface area (Å²) in [6.45, 7) is -0.507. The van der Waals surface area contributed by atoms with Crippen LogP contribution in [0.4, 0.5) is 4.39 Å². The molecule has 6 nitrogen and oxygen atoms in total. The van der Waals surface area contributed by atoms with Crippen molar-refractivity contribution in [2.24, 2.45) is 0 Å². The maximum absolute atomic E-state index is 14.3. The average Bonchev–Trinajstić information content (AvgIpc) is 2.62. The Hall–Kier alpha value is -2.06. The molecule has 2 rings (SSSR count). The summed E-state index contributed by atoms with van der Waals surface area (Å²) in [4.78, 5) is 18.2. The van der Waals surface area contributed by atoms with Gasteiger partial charge in [0.15, 0.2) is 0 Å². The number of nitrogens with zero attached hydrogens (tertiary/aromatic N) is 2. The molecule has 1 aromatic heterocycles. The Balaban J connectivity index is 2.26. The van der Waals surface area contributed by atoms with Crippen LogP contribution in [0.15, 0.2) is 42.7 Å². The van der Waals surface area contributed by atoms with Crippen molar-refractivity contribution in [3.8, 4) is 0 Å². The number of rotatable bonds is 7. The van der Waals surface area contributed by atoms with E-state index < -0.39 is 36.5 Å². The van der Waals surface area contributed by atoms with E-state index in [-0.39, 0.29) is 10.6 Å². The SMILES string of the molecule is CN(C)C(C(=O)NC(CO)C(O)c1cccnc1)c1c(F)cccc1Cl. The van der Waals surface area contributed by atoms with Crippen LogP contribution in [0, 0.1) is 5.82 Å². The number of carbonyl (C=O) groups is 1. The van der Waals surface area contributed by atoms with Crippen molar-refractivity contribution in [1.82, 2.24) is 15.2 Å². The van der Waals surface area contributed by atoms with Crippen LogP contribution in [0.25, 0.3) is 0 Å². The van der Waals surface area contributed by atoms with Crippen molar-refractivity contribution in [1.29, 1.82) is 0 Å². The van der Waals surface area contributed by atoms with Crippen LogP contribution in [0.2, 0.25) is 5.02 Å². The number of nitrogens with one attached hydrogen (secondary N) is 1. The topological polar surface area (TPSA) is 85.7 Å². The molecule has 26 heavy (non-hydrogen) atoms. The zero-order valence-corrected chi connectivity index (χ0v) is 15.2. The van der Waals surface area contributed by atoms with Gasteiger partial charge in [0.05, 0.1) is 12.6 Å². The molecule has 0 fully saturated rings. The molecule has 0 bridgehead atoms. The Morgan fingerprint density at radius 1 is 1.35 bits per heavy atom. The summed E-state index contributed by atoms with van der Waals surface area (Å²) in [5.41, 5.74) is 0.474. The van der Waals surface area contributed by atoms with Gasteiger partial charge in [0, 0.05) is 28.5 Å². The first kappa shape index (κ1) is 20.3. The molecule has 2 aromatic rings. The van der Waals surface area contributed by atoms with Crippen LogP contribution in [0.3, 0.4) is 0 Å².